The third-order valence-corrected chi connectivity index (χ3v) is 2.12. The molecule has 1 aromatic rings. The number of carboxylic acid groups (broad SMARTS) is 1. The van der Waals surface area contributed by atoms with Gasteiger partial charge in [0, 0.05) is 13.1 Å². The van der Waals surface area contributed by atoms with Gasteiger partial charge in [0.1, 0.15) is 6.61 Å². The SMILES string of the molecule is COc1ccccc1OCCNCCC(=O)O. The van der Waals surface area contributed by atoms with Crippen molar-refractivity contribution in [3.05, 3.63) is 24.3 Å². The standard InChI is InChI=1S/C12H17NO4/c1-16-10-4-2-3-5-11(10)17-9-8-13-7-6-12(14)15/h2-5,13H,6-9H2,1H3,(H,14,15). The molecule has 0 atom stereocenters. The van der Waals surface area contributed by atoms with Crippen LogP contribution < -0.4 is 14.8 Å². The second-order valence-corrected chi connectivity index (χ2v) is 3.39. The highest BCUT2D eigenvalue weighted by Gasteiger charge is 2.01. The Morgan fingerprint density at radius 3 is 2.65 bits per heavy atom. The quantitative estimate of drug-likeness (QED) is 0.666. The molecular formula is C12H17NO4. The first-order valence-electron chi connectivity index (χ1n) is 5.42. The molecule has 0 heterocycles. The maximum atomic E-state index is 10.2. The Hall–Kier alpha value is -1.75. The monoisotopic (exact) mass is 239 g/mol. The molecule has 0 unspecified atom stereocenters. The van der Waals surface area contributed by atoms with Gasteiger partial charge in [0.2, 0.25) is 0 Å². The van der Waals surface area contributed by atoms with E-state index in [9.17, 15) is 4.79 Å². The summed E-state index contributed by atoms with van der Waals surface area (Å²) in [4.78, 5) is 10.2. The molecule has 0 aliphatic heterocycles. The third-order valence-electron chi connectivity index (χ3n) is 2.12. The number of hydrogen-bond acceptors (Lipinski definition) is 4. The largest absolute Gasteiger partial charge is 0.493 e. The molecule has 0 saturated carbocycles. The van der Waals surface area contributed by atoms with Crippen LogP contribution in [0.3, 0.4) is 0 Å². The van der Waals surface area contributed by atoms with Crippen LogP contribution in [0.2, 0.25) is 0 Å². The first kappa shape index (κ1) is 13.3. The molecule has 1 aromatic carbocycles. The zero-order valence-electron chi connectivity index (χ0n) is 9.81. The third kappa shape index (κ3) is 5.21. The summed E-state index contributed by atoms with van der Waals surface area (Å²) in [5.74, 6) is 0.580. The van der Waals surface area contributed by atoms with Gasteiger partial charge in [-0.1, -0.05) is 12.1 Å². The van der Waals surface area contributed by atoms with Crippen LogP contribution in [0.15, 0.2) is 24.3 Å². The predicted molar refractivity (Wildman–Crippen MR) is 63.6 cm³/mol. The fourth-order valence-electron chi connectivity index (χ4n) is 1.29. The Bertz CT molecular complexity index is 354. The number of ether oxygens (including phenoxy) is 2. The second-order valence-electron chi connectivity index (χ2n) is 3.39. The van der Waals surface area contributed by atoms with E-state index in [0.29, 0.717) is 31.2 Å². The summed E-state index contributed by atoms with van der Waals surface area (Å²) in [7, 11) is 1.59. The van der Waals surface area contributed by atoms with Gasteiger partial charge in [0.05, 0.1) is 13.5 Å². The first-order valence-corrected chi connectivity index (χ1v) is 5.42. The minimum absolute atomic E-state index is 0.120. The summed E-state index contributed by atoms with van der Waals surface area (Å²) < 4.78 is 10.6. The fourth-order valence-corrected chi connectivity index (χ4v) is 1.29. The Balaban J connectivity index is 2.19. The normalized spacial score (nSPS) is 9.94. The van der Waals surface area contributed by atoms with Crippen molar-refractivity contribution in [1.29, 1.82) is 0 Å². The van der Waals surface area contributed by atoms with Crippen molar-refractivity contribution in [2.24, 2.45) is 0 Å². The molecular weight excluding hydrogens is 222 g/mol. The molecule has 0 aliphatic carbocycles. The van der Waals surface area contributed by atoms with Gasteiger partial charge in [-0.3, -0.25) is 4.79 Å². The van der Waals surface area contributed by atoms with Gasteiger partial charge in [-0.25, -0.2) is 0 Å². The van der Waals surface area contributed by atoms with Crippen LogP contribution >= 0.6 is 0 Å². The molecule has 94 valence electrons. The van der Waals surface area contributed by atoms with E-state index in [1.807, 2.05) is 24.3 Å². The van der Waals surface area contributed by atoms with Crippen molar-refractivity contribution in [1.82, 2.24) is 5.32 Å². The van der Waals surface area contributed by atoms with E-state index < -0.39 is 5.97 Å². The lowest BCUT2D eigenvalue weighted by molar-refractivity contribution is -0.136. The Morgan fingerprint density at radius 2 is 2.00 bits per heavy atom. The van der Waals surface area contributed by atoms with E-state index in [-0.39, 0.29) is 6.42 Å². The summed E-state index contributed by atoms with van der Waals surface area (Å²) in [5.41, 5.74) is 0. The van der Waals surface area contributed by atoms with Crippen LogP contribution in [0.5, 0.6) is 11.5 Å². The molecule has 0 bridgehead atoms. The Labute approximate surface area is 100 Å². The number of hydrogen-bond donors (Lipinski definition) is 2. The number of rotatable bonds is 8. The number of benzene rings is 1. The van der Waals surface area contributed by atoms with E-state index in [4.69, 9.17) is 14.6 Å². The smallest absolute Gasteiger partial charge is 0.304 e. The molecule has 17 heavy (non-hydrogen) atoms. The topological polar surface area (TPSA) is 67.8 Å². The van der Waals surface area contributed by atoms with E-state index >= 15 is 0 Å². The molecule has 0 aromatic heterocycles. The predicted octanol–water partition coefficient (Wildman–Crippen LogP) is 1.14. The number of nitrogens with one attached hydrogen (secondary N) is 1. The van der Waals surface area contributed by atoms with Crippen molar-refractivity contribution in [3.8, 4) is 11.5 Å². The average Bonchev–Trinajstić information content (AvgIpc) is 2.33. The lowest BCUT2D eigenvalue weighted by Gasteiger charge is -2.10. The highest BCUT2D eigenvalue weighted by molar-refractivity contribution is 5.66. The molecule has 1 rings (SSSR count). The maximum Gasteiger partial charge on any atom is 0.304 e. The summed E-state index contributed by atoms with van der Waals surface area (Å²) in [5, 5.41) is 11.4. The Morgan fingerprint density at radius 1 is 1.29 bits per heavy atom. The van der Waals surface area contributed by atoms with E-state index in [0.717, 1.165) is 0 Å². The molecule has 5 nitrogen and oxygen atoms in total. The molecule has 0 fully saturated rings. The van der Waals surface area contributed by atoms with Crippen LogP contribution in [-0.4, -0.2) is 37.9 Å². The summed E-state index contributed by atoms with van der Waals surface area (Å²) >= 11 is 0. The van der Waals surface area contributed by atoms with E-state index in [1.54, 1.807) is 7.11 Å². The molecule has 0 amide bonds. The number of para-hydroxylation sites is 2. The minimum Gasteiger partial charge on any atom is -0.493 e. The average molecular weight is 239 g/mol. The Kier molecular flexibility index (Phi) is 5.88. The van der Waals surface area contributed by atoms with Gasteiger partial charge in [-0.05, 0) is 12.1 Å². The second kappa shape index (κ2) is 7.51. The lowest BCUT2D eigenvalue weighted by atomic mass is 10.3. The van der Waals surface area contributed by atoms with Crippen molar-refractivity contribution < 1.29 is 19.4 Å². The van der Waals surface area contributed by atoms with Crippen LogP contribution in [0.4, 0.5) is 0 Å². The van der Waals surface area contributed by atoms with Crippen LogP contribution in [-0.2, 0) is 4.79 Å². The van der Waals surface area contributed by atoms with E-state index in [1.165, 1.54) is 0 Å². The molecule has 0 saturated heterocycles. The summed E-state index contributed by atoms with van der Waals surface area (Å²) in [6.07, 6.45) is 0.120. The highest BCUT2D eigenvalue weighted by Crippen LogP contribution is 2.25. The number of carbonyl (C=O) groups is 1. The molecule has 0 spiro atoms. The molecule has 5 heteroatoms. The van der Waals surface area contributed by atoms with Gasteiger partial charge in [-0.2, -0.15) is 0 Å². The summed E-state index contributed by atoms with van der Waals surface area (Å²) in [6.45, 7) is 1.52. The van der Waals surface area contributed by atoms with Crippen molar-refractivity contribution in [2.75, 3.05) is 26.8 Å². The minimum atomic E-state index is -0.803. The summed E-state index contributed by atoms with van der Waals surface area (Å²) in [6, 6.07) is 7.40. The molecule has 0 aliphatic rings. The van der Waals surface area contributed by atoms with Crippen LogP contribution in [0, 0.1) is 0 Å². The van der Waals surface area contributed by atoms with Gasteiger partial charge < -0.3 is 19.9 Å². The molecule has 0 radical (unpaired) electrons. The zero-order chi connectivity index (χ0) is 12.5. The van der Waals surface area contributed by atoms with Gasteiger partial charge in [0.15, 0.2) is 11.5 Å². The first-order chi connectivity index (χ1) is 8.24. The maximum absolute atomic E-state index is 10.2. The van der Waals surface area contributed by atoms with Gasteiger partial charge in [-0.15, -0.1) is 0 Å². The zero-order valence-corrected chi connectivity index (χ0v) is 9.81. The van der Waals surface area contributed by atoms with Crippen molar-refractivity contribution in [3.63, 3.8) is 0 Å². The van der Waals surface area contributed by atoms with Gasteiger partial charge >= 0.3 is 5.97 Å². The van der Waals surface area contributed by atoms with E-state index in [2.05, 4.69) is 5.32 Å². The number of methoxy groups -OCH3 is 1. The number of aliphatic carboxylic acids is 1. The van der Waals surface area contributed by atoms with Crippen LogP contribution in [0.1, 0.15) is 6.42 Å². The molecule has 2 N–H and O–H groups in total. The number of carboxylic acids is 1. The highest BCUT2D eigenvalue weighted by atomic mass is 16.5. The van der Waals surface area contributed by atoms with Gasteiger partial charge in [0.25, 0.3) is 0 Å². The fraction of sp³-hybridized carbons (Fsp3) is 0.417. The van der Waals surface area contributed by atoms with Crippen molar-refractivity contribution >= 4 is 5.97 Å². The van der Waals surface area contributed by atoms with Crippen molar-refractivity contribution in [2.45, 2.75) is 6.42 Å². The van der Waals surface area contributed by atoms with Crippen LogP contribution in [0.25, 0.3) is 0 Å². The lowest BCUT2D eigenvalue weighted by Crippen LogP contribution is -2.23.